The third-order valence-electron chi connectivity index (χ3n) is 3.62. The second-order valence-electron chi connectivity index (χ2n) is 5.47. The molecule has 0 saturated carbocycles. The molecule has 0 aliphatic heterocycles. The fourth-order valence-corrected chi connectivity index (χ4v) is 2.35. The lowest BCUT2D eigenvalue weighted by Crippen LogP contribution is -2.39. The first kappa shape index (κ1) is 19.7. The first-order chi connectivity index (χ1) is 11.3. The number of ether oxygens (including phenoxy) is 2. The van der Waals surface area contributed by atoms with Gasteiger partial charge in [-0.05, 0) is 25.8 Å². The molecule has 8 heteroatoms. The highest BCUT2D eigenvalue weighted by Crippen LogP contribution is 2.19. The first-order valence-corrected chi connectivity index (χ1v) is 7.62. The van der Waals surface area contributed by atoms with Crippen LogP contribution in [0.3, 0.4) is 0 Å². The van der Waals surface area contributed by atoms with Gasteiger partial charge < -0.3 is 24.7 Å². The second kappa shape index (κ2) is 9.07. The molecule has 0 fully saturated rings. The Morgan fingerprint density at radius 3 is 2.46 bits per heavy atom. The Bertz CT molecular complexity index is 609. The Kier molecular flexibility index (Phi) is 7.44. The van der Waals surface area contributed by atoms with Crippen LogP contribution in [0.25, 0.3) is 0 Å². The van der Waals surface area contributed by atoms with Crippen LogP contribution >= 0.6 is 0 Å². The average molecular weight is 339 g/mol. The summed E-state index contributed by atoms with van der Waals surface area (Å²) < 4.78 is 9.62. The maximum Gasteiger partial charge on any atom is 0.339 e. The molecule has 8 nitrogen and oxygen atoms in total. The van der Waals surface area contributed by atoms with Gasteiger partial charge in [0.15, 0.2) is 0 Å². The van der Waals surface area contributed by atoms with E-state index in [9.17, 15) is 14.4 Å². The van der Waals surface area contributed by atoms with Gasteiger partial charge in [-0.1, -0.05) is 0 Å². The SMILES string of the molecule is COCCCNC(=O)CN(C)C(=O)c1[nH]c(C)c(C(=O)OC)c1C. The van der Waals surface area contributed by atoms with Crippen LogP contribution in [-0.4, -0.2) is 68.6 Å². The molecule has 0 atom stereocenters. The minimum absolute atomic E-state index is 0.0725. The molecule has 0 spiro atoms. The molecule has 2 N–H and O–H groups in total. The molecule has 1 aromatic heterocycles. The smallest absolute Gasteiger partial charge is 0.339 e. The molecular formula is C16H25N3O5. The molecule has 0 unspecified atom stereocenters. The normalized spacial score (nSPS) is 10.4. The van der Waals surface area contributed by atoms with Crippen molar-refractivity contribution in [2.75, 3.05) is 41.0 Å². The van der Waals surface area contributed by atoms with E-state index in [1.807, 2.05) is 0 Å². The van der Waals surface area contributed by atoms with Gasteiger partial charge in [0, 0.05) is 33.0 Å². The fourth-order valence-electron chi connectivity index (χ4n) is 2.35. The van der Waals surface area contributed by atoms with Gasteiger partial charge in [0.1, 0.15) is 5.69 Å². The number of methoxy groups -OCH3 is 2. The Balaban J connectivity index is 2.73. The van der Waals surface area contributed by atoms with Crippen LogP contribution < -0.4 is 5.32 Å². The Morgan fingerprint density at radius 2 is 1.88 bits per heavy atom. The van der Waals surface area contributed by atoms with Crippen molar-refractivity contribution in [1.29, 1.82) is 0 Å². The van der Waals surface area contributed by atoms with Crippen LogP contribution in [0.15, 0.2) is 0 Å². The van der Waals surface area contributed by atoms with E-state index >= 15 is 0 Å². The predicted octanol–water partition coefficient (Wildman–Crippen LogP) is 0.643. The monoisotopic (exact) mass is 339 g/mol. The quantitative estimate of drug-likeness (QED) is 0.535. The number of H-pyrrole nitrogens is 1. The van der Waals surface area contributed by atoms with Crippen molar-refractivity contribution >= 4 is 17.8 Å². The number of hydrogen-bond donors (Lipinski definition) is 2. The van der Waals surface area contributed by atoms with Crippen molar-refractivity contribution in [1.82, 2.24) is 15.2 Å². The van der Waals surface area contributed by atoms with Gasteiger partial charge in [0.25, 0.3) is 5.91 Å². The Labute approximate surface area is 141 Å². The van der Waals surface area contributed by atoms with E-state index in [0.717, 1.165) is 0 Å². The summed E-state index contributed by atoms with van der Waals surface area (Å²) in [5, 5.41) is 2.72. The third-order valence-corrected chi connectivity index (χ3v) is 3.62. The zero-order valence-electron chi connectivity index (χ0n) is 14.8. The standard InChI is InChI=1S/C16H25N3O5/c1-10-13(16(22)24-5)11(2)18-14(10)15(21)19(3)9-12(20)17-7-6-8-23-4/h18H,6-9H2,1-5H3,(H,17,20). The van der Waals surface area contributed by atoms with Gasteiger partial charge in [0.05, 0.1) is 19.2 Å². The lowest BCUT2D eigenvalue weighted by molar-refractivity contribution is -0.121. The topological polar surface area (TPSA) is 101 Å². The van der Waals surface area contributed by atoms with Gasteiger partial charge in [-0.25, -0.2) is 4.79 Å². The number of aromatic nitrogens is 1. The van der Waals surface area contributed by atoms with Crippen LogP contribution in [0.1, 0.15) is 38.5 Å². The van der Waals surface area contributed by atoms with E-state index in [2.05, 4.69) is 10.3 Å². The molecule has 0 radical (unpaired) electrons. The number of nitrogens with zero attached hydrogens (tertiary/aromatic N) is 1. The zero-order chi connectivity index (χ0) is 18.3. The van der Waals surface area contributed by atoms with Crippen LogP contribution in [0.5, 0.6) is 0 Å². The number of amides is 2. The largest absolute Gasteiger partial charge is 0.465 e. The minimum atomic E-state index is -0.501. The Morgan fingerprint density at radius 1 is 1.21 bits per heavy atom. The van der Waals surface area contributed by atoms with Crippen molar-refractivity contribution in [2.45, 2.75) is 20.3 Å². The van der Waals surface area contributed by atoms with Crippen molar-refractivity contribution < 1.29 is 23.9 Å². The van der Waals surface area contributed by atoms with Crippen molar-refractivity contribution in [2.24, 2.45) is 0 Å². The second-order valence-corrected chi connectivity index (χ2v) is 5.47. The predicted molar refractivity (Wildman–Crippen MR) is 88.1 cm³/mol. The number of rotatable bonds is 8. The lowest BCUT2D eigenvalue weighted by atomic mass is 10.1. The first-order valence-electron chi connectivity index (χ1n) is 7.62. The van der Waals surface area contributed by atoms with Gasteiger partial charge in [-0.3, -0.25) is 9.59 Å². The molecule has 24 heavy (non-hydrogen) atoms. The number of carbonyl (C=O) groups is 3. The van der Waals surface area contributed by atoms with E-state index in [-0.39, 0.29) is 24.1 Å². The average Bonchev–Trinajstić information content (AvgIpc) is 2.84. The molecule has 0 saturated heterocycles. The molecule has 0 bridgehead atoms. The molecule has 2 amide bonds. The molecule has 1 aromatic rings. The lowest BCUT2D eigenvalue weighted by Gasteiger charge is -2.16. The van der Waals surface area contributed by atoms with Crippen LogP contribution in [0.2, 0.25) is 0 Å². The van der Waals surface area contributed by atoms with E-state index in [0.29, 0.717) is 36.4 Å². The number of hydrogen-bond acceptors (Lipinski definition) is 5. The van der Waals surface area contributed by atoms with E-state index in [1.54, 1.807) is 21.0 Å². The maximum absolute atomic E-state index is 12.5. The van der Waals surface area contributed by atoms with Crippen molar-refractivity contribution in [3.8, 4) is 0 Å². The Hall–Kier alpha value is -2.35. The number of aromatic amines is 1. The number of nitrogens with one attached hydrogen (secondary N) is 2. The van der Waals surface area contributed by atoms with E-state index in [1.165, 1.54) is 19.1 Å². The summed E-state index contributed by atoms with van der Waals surface area (Å²) in [6, 6.07) is 0. The van der Waals surface area contributed by atoms with Gasteiger partial charge in [-0.15, -0.1) is 0 Å². The summed E-state index contributed by atoms with van der Waals surface area (Å²) in [5.41, 5.74) is 1.69. The zero-order valence-corrected chi connectivity index (χ0v) is 14.8. The molecule has 1 rings (SSSR count). The van der Waals surface area contributed by atoms with E-state index in [4.69, 9.17) is 9.47 Å². The molecule has 0 aromatic carbocycles. The van der Waals surface area contributed by atoms with Gasteiger partial charge >= 0.3 is 5.97 Å². The molecular weight excluding hydrogens is 314 g/mol. The number of aryl methyl sites for hydroxylation is 1. The van der Waals surface area contributed by atoms with Crippen molar-refractivity contribution in [3.63, 3.8) is 0 Å². The van der Waals surface area contributed by atoms with Crippen LogP contribution in [0, 0.1) is 13.8 Å². The highest BCUT2D eigenvalue weighted by atomic mass is 16.5. The van der Waals surface area contributed by atoms with E-state index < -0.39 is 5.97 Å². The molecule has 0 aliphatic rings. The maximum atomic E-state index is 12.5. The summed E-state index contributed by atoms with van der Waals surface area (Å²) in [7, 11) is 4.41. The minimum Gasteiger partial charge on any atom is -0.465 e. The highest BCUT2D eigenvalue weighted by Gasteiger charge is 2.25. The number of esters is 1. The third kappa shape index (κ3) is 4.82. The number of likely N-dealkylation sites (N-methyl/N-ethyl adjacent to an activating group) is 1. The summed E-state index contributed by atoms with van der Waals surface area (Å²) in [6.45, 7) is 4.34. The van der Waals surface area contributed by atoms with Crippen LogP contribution in [0.4, 0.5) is 0 Å². The van der Waals surface area contributed by atoms with Crippen molar-refractivity contribution in [3.05, 3.63) is 22.5 Å². The summed E-state index contributed by atoms with van der Waals surface area (Å²) in [5.74, 6) is -1.12. The fraction of sp³-hybridized carbons (Fsp3) is 0.562. The van der Waals surface area contributed by atoms with Gasteiger partial charge in [-0.2, -0.15) is 0 Å². The number of carbonyl (C=O) groups excluding carboxylic acids is 3. The highest BCUT2D eigenvalue weighted by molar-refractivity contribution is 6.01. The summed E-state index contributed by atoms with van der Waals surface area (Å²) >= 11 is 0. The van der Waals surface area contributed by atoms with Gasteiger partial charge in [0.2, 0.25) is 5.91 Å². The molecule has 1 heterocycles. The molecule has 0 aliphatic carbocycles. The molecule has 134 valence electrons. The van der Waals surface area contributed by atoms with Crippen LogP contribution in [-0.2, 0) is 14.3 Å². The summed E-state index contributed by atoms with van der Waals surface area (Å²) in [6.07, 6.45) is 0.706. The summed E-state index contributed by atoms with van der Waals surface area (Å²) in [4.78, 5) is 40.3.